The van der Waals surface area contributed by atoms with E-state index in [1.165, 1.54) is 26.4 Å². The summed E-state index contributed by atoms with van der Waals surface area (Å²) < 4.78 is 24.2. The van der Waals surface area contributed by atoms with Gasteiger partial charge in [0.25, 0.3) is 5.91 Å². The standard InChI is InChI=1S/C27H27FN2O4S/c1-30-25(17-7-11-19(35-4)12-8-17)24(26(31)29-15-16-5-9-18(28)10-6-16)20-13-22(33-2)23(34-3)14-21(20)27(30)32/h5-14,24-25H,15H2,1-4H3,(H,29,31). The van der Waals surface area contributed by atoms with Crippen LogP contribution in [0, 0.1) is 5.82 Å². The highest BCUT2D eigenvalue weighted by Gasteiger charge is 2.43. The number of nitrogens with zero attached hydrogens (tertiary/aromatic N) is 1. The molecule has 6 nitrogen and oxygen atoms in total. The minimum atomic E-state index is -0.701. The van der Waals surface area contributed by atoms with Crippen LogP contribution in [-0.4, -0.2) is 44.2 Å². The van der Waals surface area contributed by atoms with Crippen molar-refractivity contribution >= 4 is 23.6 Å². The third kappa shape index (κ3) is 4.84. The lowest BCUT2D eigenvalue weighted by molar-refractivity contribution is -0.124. The molecule has 0 saturated heterocycles. The van der Waals surface area contributed by atoms with Gasteiger partial charge in [0, 0.05) is 24.1 Å². The highest BCUT2D eigenvalue weighted by atomic mass is 32.2. The van der Waals surface area contributed by atoms with Gasteiger partial charge < -0.3 is 19.7 Å². The molecule has 0 fully saturated rings. The zero-order valence-corrected chi connectivity index (χ0v) is 20.8. The average molecular weight is 495 g/mol. The van der Waals surface area contributed by atoms with Crippen LogP contribution in [0.1, 0.15) is 39.0 Å². The van der Waals surface area contributed by atoms with Crippen molar-refractivity contribution in [2.75, 3.05) is 27.5 Å². The molecule has 3 aromatic rings. The summed E-state index contributed by atoms with van der Waals surface area (Å²) in [6.45, 7) is 0.230. The molecule has 1 N–H and O–H groups in total. The van der Waals surface area contributed by atoms with Crippen molar-refractivity contribution < 1.29 is 23.5 Å². The molecule has 2 atom stereocenters. The van der Waals surface area contributed by atoms with E-state index in [4.69, 9.17) is 9.47 Å². The van der Waals surface area contributed by atoms with Crippen molar-refractivity contribution in [1.82, 2.24) is 10.2 Å². The van der Waals surface area contributed by atoms with Crippen LogP contribution < -0.4 is 14.8 Å². The van der Waals surface area contributed by atoms with Crippen LogP contribution in [0.2, 0.25) is 0 Å². The van der Waals surface area contributed by atoms with E-state index in [0.717, 1.165) is 16.0 Å². The van der Waals surface area contributed by atoms with Gasteiger partial charge in [0.15, 0.2) is 11.5 Å². The Kier molecular flexibility index (Phi) is 7.31. The fourth-order valence-corrected chi connectivity index (χ4v) is 4.86. The summed E-state index contributed by atoms with van der Waals surface area (Å²) in [5.41, 5.74) is 2.58. The number of carbonyl (C=O) groups is 2. The van der Waals surface area contributed by atoms with Gasteiger partial charge in [0.05, 0.1) is 26.2 Å². The van der Waals surface area contributed by atoms with Gasteiger partial charge in [-0.3, -0.25) is 9.59 Å². The van der Waals surface area contributed by atoms with Crippen molar-refractivity contribution in [3.05, 3.63) is 88.7 Å². The summed E-state index contributed by atoms with van der Waals surface area (Å²) in [6, 6.07) is 16.7. The Morgan fingerprint density at radius 1 is 1.03 bits per heavy atom. The highest BCUT2D eigenvalue weighted by Crippen LogP contribution is 2.45. The third-order valence-corrected chi connectivity index (χ3v) is 7.04. The molecule has 182 valence electrons. The summed E-state index contributed by atoms with van der Waals surface area (Å²) >= 11 is 1.62. The molecule has 4 rings (SSSR count). The number of methoxy groups -OCH3 is 2. The second-order valence-electron chi connectivity index (χ2n) is 8.25. The van der Waals surface area contributed by atoms with Gasteiger partial charge >= 0.3 is 0 Å². The molecule has 0 bridgehead atoms. The van der Waals surface area contributed by atoms with E-state index in [-0.39, 0.29) is 24.2 Å². The van der Waals surface area contributed by atoms with E-state index < -0.39 is 12.0 Å². The monoisotopic (exact) mass is 494 g/mol. The lowest BCUT2D eigenvalue weighted by Crippen LogP contribution is -2.45. The predicted octanol–water partition coefficient (Wildman–Crippen LogP) is 4.79. The molecule has 1 aliphatic heterocycles. The number of carbonyl (C=O) groups excluding carboxylic acids is 2. The van der Waals surface area contributed by atoms with Gasteiger partial charge in [-0.2, -0.15) is 0 Å². The number of halogens is 1. The minimum Gasteiger partial charge on any atom is -0.493 e. The fourth-order valence-electron chi connectivity index (χ4n) is 4.45. The molecule has 3 aromatic carbocycles. The van der Waals surface area contributed by atoms with Gasteiger partial charge in [-0.15, -0.1) is 11.8 Å². The van der Waals surface area contributed by atoms with E-state index >= 15 is 0 Å². The first kappa shape index (κ1) is 24.6. The Morgan fingerprint density at radius 2 is 1.66 bits per heavy atom. The fraction of sp³-hybridized carbons (Fsp3) is 0.259. The number of fused-ring (bicyclic) bond motifs is 1. The molecule has 1 aliphatic rings. The number of likely N-dealkylation sites (N-methyl/N-ethyl adjacent to an activating group) is 1. The van der Waals surface area contributed by atoms with Crippen LogP contribution >= 0.6 is 11.8 Å². The second-order valence-corrected chi connectivity index (χ2v) is 9.13. The number of amides is 2. The Bertz CT molecular complexity index is 1230. The molecule has 35 heavy (non-hydrogen) atoms. The number of rotatable bonds is 7. The number of hydrogen-bond donors (Lipinski definition) is 1. The predicted molar refractivity (Wildman–Crippen MR) is 134 cm³/mol. The van der Waals surface area contributed by atoms with Gasteiger partial charge in [-0.05, 0) is 59.3 Å². The summed E-state index contributed by atoms with van der Waals surface area (Å²) in [5, 5.41) is 2.98. The average Bonchev–Trinajstić information content (AvgIpc) is 2.89. The van der Waals surface area contributed by atoms with Crippen molar-refractivity contribution in [2.45, 2.75) is 23.4 Å². The zero-order valence-electron chi connectivity index (χ0n) is 20.0. The van der Waals surface area contributed by atoms with E-state index in [0.29, 0.717) is 22.6 Å². The first-order chi connectivity index (χ1) is 16.9. The van der Waals surface area contributed by atoms with Crippen LogP contribution in [0.4, 0.5) is 4.39 Å². The van der Waals surface area contributed by atoms with Crippen LogP contribution in [0.3, 0.4) is 0 Å². The molecule has 2 amide bonds. The van der Waals surface area contributed by atoms with E-state index in [9.17, 15) is 14.0 Å². The number of nitrogens with one attached hydrogen (secondary N) is 1. The van der Waals surface area contributed by atoms with E-state index in [2.05, 4.69) is 5.32 Å². The molecule has 0 aliphatic carbocycles. The van der Waals surface area contributed by atoms with E-state index in [1.54, 1.807) is 48.0 Å². The van der Waals surface area contributed by atoms with Crippen LogP contribution in [-0.2, 0) is 11.3 Å². The Labute approximate surface area is 208 Å². The maximum atomic E-state index is 13.7. The highest BCUT2D eigenvalue weighted by molar-refractivity contribution is 7.98. The normalized spacial score (nSPS) is 17.1. The first-order valence-corrected chi connectivity index (χ1v) is 12.3. The number of thioether (sulfide) groups is 1. The Morgan fingerprint density at radius 3 is 2.26 bits per heavy atom. The van der Waals surface area contributed by atoms with Gasteiger partial charge in [0.1, 0.15) is 5.82 Å². The molecule has 0 saturated carbocycles. The largest absolute Gasteiger partial charge is 0.493 e. The number of benzene rings is 3. The van der Waals surface area contributed by atoms with Gasteiger partial charge in [-0.1, -0.05) is 24.3 Å². The Hall–Kier alpha value is -3.52. The molecular formula is C27H27FN2O4S. The smallest absolute Gasteiger partial charge is 0.254 e. The van der Waals surface area contributed by atoms with Gasteiger partial charge in [-0.25, -0.2) is 4.39 Å². The third-order valence-electron chi connectivity index (χ3n) is 6.29. The Balaban J connectivity index is 1.79. The maximum Gasteiger partial charge on any atom is 0.254 e. The van der Waals surface area contributed by atoms with E-state index in [1.807, 2.05) is 30.5 Å². The van der Waals surface area contributed by atoms with Crippen LogP contribution in [0.25, 0.3) is 0 Å². The molecular weight excluding hydrogens is 467 g/mol. The molecule has 0 radical (unpaired) electrons. The lowest BCUT2D eigenvalue weighted by Gasteiger charge is -2.40. The molecule has 0 aromatic heterocycles. The molecule has 8 heteroatoms. The molecule has 1 heterocycles. The van der Waals surface area contributed by atoms with Crippen molar-refractivity contribution in [1.29, 1.82) is 0 Å². The van der Waals surface area contributed by atoms with Gasteiger partial charge in [0.2, 0.25) is 5.91 Å². The number of ether oxygens (including phenoxy) is 2. The quantitative estimate of drug-likeness (QED) is 0.479. The summed E-state index contributed by atoms with van der Waals surface area (Å²) in [6.07, 6.45) is 1.99. The zero-order chi connectivity index (χ0) is 25.1. The minimum absolute atomic E-state index is 0.206. The van der Waals surface area contributed by atoms with Crippen LogP contribution in [0.15, 0.2) is 65.6 Å². The van der Waals surface area contributed by atoms with Crippen molar-refractivity contribution in [3.63, 3.8) is 0 Å². The number of hydrogen-bond acceptors (Lipinski definition) is 5. The van der Waals surface area contributed by atoms with Crippen LogP contribution in [0.5, 0.6) is 11.5 Å². The summed E-state index contributed by atoms with van der Waals surface area (Å²) in [5.74, 6) is -0.634. The summed E-state index contributed by atoms with van der Waals surface area (Å²) in [7, 11) is 4.73. The topological polar surface area (TPSA) is 67.9 Å². The van der Waals surface area contributed by atoms with Crippen molar-refractivity contribution in [2.24, 2.45) is 0 Å². The van der Waals surface area contributed by atoms with Crippen molar-refractivity contribution in [3.8, 4) is 11.5 Å². The maximum absolute atomic E-state index is 13.7. The second kappa shape index (κ2) is 10.4. The first-order valence-electron chi connectivity index (χ1n) is 11.1. The lowest BCUT2D eigenvalue weighted by atomic mass is 9.79. The molecule has 0 spiro atoms. The molecule has 2 unspecified atom stereocenters. The SMILES string of the molecule is COc1cc2c(cc1OC)C(C(=O)NCc1ccc(F)cc1)C(c1ccc(SC)cc1)N(C)C2=O. The summed E-state index contributed by atoms with van der Waals surface area (Å²) in [4.78, 5) is 29.8.